The van der Waals surface area contributed by atoms with Crippen LogP contribution in [0.1, 0.15) is 17.3 Å². The Hall–Kier alpha value is -1.63. The van der Waals surface area contributed by atoms with Crippen LogP contribution in [0.4, 0.5) is 5.69 Å². The zero-order valence-electron chi connectivity index (χ0n) is 9.54. The van der Waals surface area contributed by atoms with Gasteiger partial charge in [0.15, 0.2) is 0 Å². The summed E-state index contributed by atoms with van der Waals surface area (Å²) in [6.45, 7) is 1.67. The molecule has 0 aliphatic carbocycles. The molecule has 1 aromatic rings. The van der Waals surface area contributed by atoms with Crippen molar-refractivity contribution in [3.8, 4) is 0 Å². The smallest absolute Gasteiger partial charge is 0.337 e. The fourth-order valence-electron chi connectivity index (χ4n) is 1.46. The van der Waals surface area contributed by atoms with Crippen LogP contribution < -0.4 is 5.32 Å². The monoisotopic (exact) mass is 258 g/mol. The molecule has 6 nitrogen and oxygen atoms in total. The van der Waals surface area contributed by atoms with E-state index >= 15 is 0 Å². The number of anilines is 1. The first-order valence-corrected chi connectivity index (χ1v) is 6.97. The number of carbonyl (C=O) groups is 1. The van der Waals surface area contributed by atoms with Crippen LogP contribution in [0.25, 0.3) is 0 Å². The van der Waals surface area contributed by atoms with Crippen molar-refractivity contribution >= 4 is 21.5 Å². The van der Waals surface area contributed by atoms with Crippen molar-refractivity contribution in [2.45, 2.75) is 13.0 Å². The molecule has 0 saturated carbocycles. The highest BCUT2D eigenvalue weighted by molar-refractivity contribution is 7.90. The van der Waals surface area contributed by atoms with Gasteiger partial charge in [-0.2, -0.15) is 0 Å². The summed E-state index contributed by atoms with van der Waals surface area (Å²) in [5.41, 5.74) is 0.386. The summed E-state index contributed by atoms with van der Waals surface area (Å²) in [7, 11) is -3.11. The Morgan fingerprint density at radius 2 is 2.24 bits per heavy atom. The third-order valence-corrected chi connectivity index (χ3v) is 3.11. The van der Waals surface area contributed by atoms with E-state index in [1.165, 1.54) is 18.5 Å². The fraction of sp³-hybridized carbons (Fsp3) is 0.400. The molecule has 94 valence electrons. The number of carboxylic acid groups (broad SMARTS) is 1. The number of aromatic carboxylic acids is 1. The molecule has 2 N–H and O–H groups in total. The van der Waals surface area contributed by atoms with E-state index in [4.69, 9.17) is 5.11 Å². The second-order valence-electron chi connectivity index (χ2n) is 3.86. The molecule has 0 spiro atoms. The second kappa shape index (κ2) is 5.13. The number of aromatic nitrogens is 1. The maximum atomic E-state index is 11.1. The van der Waals surface area contributed by atoms with E-state index in [-0.39, 0.29) is 17.4 Å². The van der Waals surface area contributed by atoms with Crippen LogP contribution in [0.15, 0.2) is 18.5 Å². The van der Waals surface area contributed by atoms with Crippen molar-refractivity contribution in [2.24, 2.45) is 0 Å². The Balaban J connectivity index is 2.85. The Bertz CT molecular complexity index is 513. The van der Waals surface area contributed by atoms with Crippen LogP contribution in [0.3, 0.4) is 0 Å². The summed E-state index contributed by atoms with van der Waals surface area (Å²) in [6, 6.07) is 0.977. The average molecular weight is 258 g/mol. The molecule has 0 radical (unpaired) electrons. The van der Waals surface area contributed by atoms with Gasteiger partial charge >= 0.3 is 5.97 Å². The van der Waals surface area contributed by atoms with Crippen LogP contribution in [0.2, 0.25) is 0 Å². The van der Waals surface area contributed by atoms with Gasteiger partial charge in [0, 0.05) is 18.5 Å². The lowest BCUT2D eigenvalue weighted by Crippen LogP contribution is -2.26. The summed E-state index contributed by atoms with van der Waals surface area (Å²) in [6.07, 6.45) is 3.87. The van der Waals surface area contributed by atoms with Crippen LogP contribution in [0, 0.1) is 0 Å². The van der Waals surface area contributed by atoms with E-state index < -0.39 is 15.8 Å². The molecule has 1 heterocycles. The fourth-order valence-corrected chi connectivity index (χ4v) is 2.45. The summed E-state index contributed by atoms with van der Waals surface area (Å²) in [4.78, 5) is 14.7. The van der Waals surface area contributed by atoms with Gasteiger partial charge in [0.25, 0.3) is 0 Å². The number of hydrogen-bond acceptors (Lipinski definition) is 5. The van der Waals surface area contributed by atoms with Crippen molar-refractivity contribution in [3.63, 3.8) is 0 Å². The zero-order valence-corrected chi connectivity index (χ0v) is 10.4. The molecule has 0 aliphatic rings. The van der Waals surface area contributed by atoms with Crippen molar-refractivity contribution < 1.29 is 18.3 Å². The Morgan fingerprint density at radius 3 is 2.76 bits per heavy atom. The minimum absolute atomic E-state index is 0.0685. The van der Waals surface area contributed by atoms with E-state index in [1.807, 2.05) is 0 Å². The molecular weight excluding hydrogens is 244 g/mol. The van der Waals surface area contributed by atoms with Gasteiger partial charge in [-0.05, 0) is 13.0 Å². The van der Waals surface area contributed by atoms with Gasteiger partial charge in [-0.1, -0.05) is 0 Å². The number of nitrogens with one attached hydrogen (secondary N) is 1. The SMILES string of the molecule is CC(CS(C)(=O)=O)Nc1cnccc1C(=O)O. The summed E-state index contributed by atoms with van der Waals surface area (Å²) >= 11 is 0. The van der Waals surface area contributed by atoms with Crippen LogP contribution in [0.5, 0.6) is 0 Å². The molecular formula is C10H14N2O4S. The third-order valence-electron chi connectivity index (χ3n) is 2.01. The highest BCUT2D eigenvalue weighted by atomic mass is 32.2. The number of hydrogen-bond donors (Lipinski definition) is 2. The Kier molecular flexibility index (Phi) is 4.06. The molecule has 1 unspecified atom stereocenters. The molecule has 0 fully saturated rings. The maximum Gasteiger partial charge on any atom is 0.337 e. The summed E-state index contributed by atoms with van der Waals surface area (Å²) in [5.74, 6) is -1.15. The molecule has 0 amide bonds. The lowest BCUT2D eigenvalue weighted by Gasteiger charge is -2.15. The second-order valence-corrected chi connectivity index (χ2v) is 6.05. The highest BCUT2D eigenvalue weighted by Crippen LogP contribution is 2.14. The van der Waals surface area contributed by atoms with E-state index in [9.17, 15) is 13.2 Å². The van der Waals surface area contributed by atoms with Crippen molar-refractivity contribution in [1.29, 1.82) is 0 Å². The number of sulfone groups is 1. The third kappa shape index (κ3) is 4.39. The maximum absolute atomic E-state index is 11.1. The van der Waals surface area contributed by atoms with E-state index in [0.29, 0.717) is 5.69 Å². The minimum Gasteiger partial charge on any atom is -0.478 e. The quantitative estimate of drug-likeness (QED) is 0.804. The molecule has 1 rings (SSSR count). The van der Waals surface area contributed by atoms with Crippen molar-refractivity contribution in [3.05, 3.63) is 24.0 Å². The summed E-state index contributed by atoms with van der Waals surface area (Å²) < 4.78 is 22.2. The van der Waals surface area contributed by atoms with Gasteiger partial charge in [-0.3, -0.25) is 4.98 Å². The lowest BCUT2D eigenvalue weighted by atomic mass is 10.2. The molecule has 7 heteroatoms. The summed E-state index contributed by atoms with van der Waals surface area (Å²) in [5, 5.41) is 11.8. The van der Waals surface area contributed by atoms with Crippen molar-refractivity contribution in [2.75, 3.05) is 17.3 Å². The zero-order chi connectivity index (χ0) is 13.1. The number of rotatable bonds is 5. The molecule has 0 aromatic carbocycles. The predicted molar refractivity (Wildman–Crippen MR) is 64.0 cm³/mol. The number of pyridine rings is 1. The predicted octanol–water partition coefficient (Wildman–Crippen LogP) is 0.625. The van der Waals surface area contributed by atoms with Crippen molar-refractivity contribution in [1.82, 2.24) is 4.98 Å². The molecule has 0 aliphatic heterocycles. The molecule has 1 atom stereocenters. The van der Waals surface area contributed by atoms with Crippen LogP contribution >= 0.6 is 0 Å². The minimum atomic E-state index is -3.11. The average Bonchev–Trinajstić information content (AvgIpc) is 2.14. The first-order chi connectivity index (χ1) is 7.79. The number of carboxylic acids is 1. The molecule has 17 heavy (non-hydrogen) atoms. The van der Waals surface area contributed by atoms with Crippen LogP contribution in [-0.2, 0) is 9.84 Å². The number of nitrogens with zero attached hydrogens (tertiary/aromatic N) is 1. The van der Waals surface area contributed by atoms with E-state index in [0.717, 1.165) is 6.26 Å². The Morgan fingerprint density at radius 1 is 1.59 bits per heavy atom. The van der Waals surface area contributed by atoms with Crippen LogP contribution in [-0.4, -0.2) is 42.5 Å². The van der Waals surface area contributed by atoms with Gasteiger partial charge in [-0.15, -0.1) is 0 Å². The molecule has 1 aromatic heterocycles. The highest BCUT2D eigenvalue weighted by Gasteiger charge is 2.14. The topological polar surface area (TPSA) is 96.4 Å². The molecule has 0 bridgehead atoms. The van der Waals surface area contributed by atoms with Gasteiger partial charge in [0.05, 0.1) is 23.2 Å². The molecule has 0 saturated heterocycles. The van der Waals surface area contributed by atoms with Gasteiger partial charge < -0.3 is 10.4 Å². The first-order valence-electron chi connectivity index (χ1n) is 4.91. The Labute approximate surface area is 99.6 Å². The van der Waals surface area contributed by atoms with E-state index in [2.05, 4.69) is 10.3 Å². The standard InChI is InChI=1S/C10H14N2O4S/c1-7(6-17(2,15)16)12-9-5-11-4-3-8(9)10(13)14/h3-5,7,12H,6H2,1-2H3,(H,13,14). The van der Waals surface area contributed by atoms with Gasteiger partial charge in [-0.25, -0.2) is 13.2 Å². The first kappa shape index (κ1) is 13.4. The largest absolute Gasteiger partial charge is 0.478 e. The van der Waals surface area contributed by atoms with E-state index in [1.54, 1.807) is 6.92 Å². The normalized spacial score (nSPS) is 13.1. The van der Waals surface area contributed by atoms with Gasteiger partial charge in [0.2, 0.25) is 0 Å². The lowest BCUT2D eigenvalue weighted by molar-refractivity contribution is 0.0698. The van der Waals surface area contributed by atoms with Gasteiger partial charge in [0.1, 0.15) is 9.84 Å².